The Morgan fingerprint density at radius 2 is 1.15 bits per heavy atom. The molecule has 5 nitrogen and oxygen atoms in total. The summed E-state index contributed by atoms with van der Waals surface area (Å²) in [5, 5.41) is 1.90. The second-order valence-electron chi connectivity index (χ2n) is 11.3. The molecule has 0 spiro atoms. The minimum atomic E-state index is -0.561. The van der Waals surface area contributed by atoms with Crippen molar-refractivity contribution >= 4 is 54.5 Å². The summed E-state index contributed by atoms with van der Waals surface area (Å²) in [6, 6.07) is 26.4. The highest BCUT2D eigenvalue weighted by molar-refractivity contribution is 6.17. The Balaban J connectivity index is 1.29. The molecule has 0 bridgehead atoms. The molecule has 3 aromatic heterocycles. The highest BCUT2D eigenvalue weighted by atomic mass is 16.3. The van der Waals surface area contributed by atoms with E-state index in [-0.39, 0.29) is 73.4 Å². The fraction of sp³-hybridized carbons (Fsp3) is 0. The minimum Gasteiger partial charge on any atom is -0.456 e. The average molecular weight is 625 g/mol. The third-order valence-electron chi connectivity index (χ3n) is 8.50. The van der Waals surface area contributed by atoms with E-state index in [2.05, 4.69) is 30.3 Å². The van der Waals surface area contributed by atoms with Crippen LogP contribution in [0.3, 0.4) is 0 Å². The molecule has 3 heterocycles. The number of benzene rings is 7. The molecule has 5 heteroatoms. The maximum atomic E-state index is 9.57. The van der Waals surface area contributed by atoms with Gasteiger partial charge in [0.2, 0.25) is 5.95 Å². The molecule has 10 rings (SSSR count). The van der Waals surface area contributed by atoms with Gasteiger partial charge in [0.15, 0.2) is 11.6 Å². The quantitative estimate of drug-likeness (QED) is 0.195. The number of para-hydroxylation sites is 2. The van der Waals surface area contributed by atoms with Gasteiger partial charge >= 0.3 is 0 Å². The molecule has 0 saturated carbocycles. The van der Waals surface area contributed by atoms with Crippen molar-refractivity contribution in [3.8, 4) is 39.9 Å². The summed E-state index contributed by atoms with van der Waals surface area (Å²) < 4.78 is 95.7. The second kappa shape index (κ2) is 10.5. The Morgan fingerprint density at radius 1 is 0.479 bits per heavy atom. The molecular formula is C43H26N4O. The van der Waals surface area contributed by atoms with Crippen LogP contribution in [0.2, 0.25) is 0 Å². The molecule has 0 aliphatic heterocycles. The summed E-state index contributed by atoms with van der Waals surface area (Å²) in [6.07, 6.45) is 0. The van der Waals surface area contributed by atoms with Crippen molar-refractivity contribution in [2.75, 3.05) is 0 Å². The zero-order valence-electron chi connectivity index (χ0n) is 34.9. The van der Waals surface area contributed by atoms with Crippen molar-refractivity contribution in [2.45, 2.75) is 0 Å². The van der Waals surface area contributed by atoms with E-state index in [9.17, 15) is 2.74 Å². The SMILES string of the molecule is [2H]c1c([2H])c([2H])c2c(oc3c([2H])c4c(c([2H])c32)c2c([2H])c([2H])c([2H])c([2H])c2n4-c2nc(-c3ccccc3)nc(-c3ccc(-c4ccc5ccccc5c4)cc3)n2)c1[2H]. The van der Waals surface area contributed by atoms with Crippen LogP contribution in [0.15, 0.2) is 162 Å². The van der Waals surface area contributed by atoms with Crippen LogP contribution >= 0.6 is 0 Å². The summed E-state index contributed by atoms with van der Waals surface area (Å²) in [5.74, 6) is 0.372. The third-order valence-corrected chi connectivity index (χ3v) is 8.50. The van der Waals surface area contributed by atoms with Gasteiger partial charge < -0.3 is 4.42 Å². The van der Waals surface area contributed by atoms with Gasteiger partial charge in [-0.1, -0.05) is 127 Å². The highest BCUT2D eigenvalue weighted by Gasteiger charge is 2.20. The molecule has 0 unspecified atom stereocenters. The molecule has 0 atom stereocenters. The first-order valence-electron chi connectivity index (χ1n) is 20.2. The summed E-state index contributed by atoms with van der Waals surface area (Å²) in [5.41, 5.74) is 2.59. The predicted molar refractivity (Wildman–Crippen MR) is 195 cm³/mol. The zero-order chi connectivity index (χ0) is 40.3. The van der Waals surface area contributed by atoms with Crippen LogP contribution in [0.25, 0.3) is 94.4 Å². The van der Waals surface area contributed by atoms with Crippen molar-refractivity contribution in [3.05, 3.63) is 157 Å². The summed E-state index contributed by atoms with van der Waals surface area (Å²) >= 11 is 0. The van der Waals surface area contributed by atoms with E-state index in [1.165, 1.54) is 4.57 Å². The van der Waals surface area contributed by atoms with Crippen LogP contribution in [0, 0.1) is 0 Å². The third kappa shape index (κ3) is 4.22. The number of rotatable bonds is 4. The molecular weight excluding hydrogens is 589 g/mol. The van der Waals surface area contributed by atoms with Gasteiger partial charge in [-0.2, -0.15) is 9.97 Å². The van der Waals surface area contributed by atoms with Crippen LogP contribution in [0.1, 0.15) is 13.7 Å². The Morgan fingerprint density at radius 3 is 1.98 bits per heavy atom. The average Bonchev–Trinajstić information content (AvgIpc) is 3.85. The number of aromatic nitrogens is 4. The first kappa shape index (κ1) is 18.5. The van der Waals surface area contributed by atoms with E-state index in [0.29, 0.717) is 11.1 Å². The number of hydrogen-bond donors (Lipinski definition) is 0. The number of nitrogens with zero attached hydrogens (tertiary/aromatic N) is 4. The van der Waals surface area contributed by atoms with Gasteiger partial charge in [0.05, 0.1) is 24.7 Å². The number of hydrogen-bond acceptors (Lipinski definition) is 4. The van der Waals surface area contributed by atoms with Crippen molar-refractivity contribution in [2.24, 2.45) is 0 Å². The van der Waals surface area contributed by atoms with Gasteiger partial charge in [-0.15, -0.1) is 0 Å². The van der Waals surface area contributed by atoms with Gasteiger partial charge in [-0.05, 0) is 46.1 Å². The van der Waals surface area contributed by atoms with Crippen LogP contribution in [-0.2, 0) is 0 Å². The normalized spacial score (nSPS) is 14.7. The maximum absolute atomic E-state index is 9.57. The lowest BCUT2D eigenvalue weighted by Gasteiger charge is -2.11. The highest BCUT2D eigenvalue weighted by Crippen LogP contribution is 2.38. The van der Waals surface area contributed by atoms with Crippen LogP contribution < -0.4 is 0 Å². The largest absolute Gasteiger partial charge is 0.456 e. The van der Waals surface area contributed by atoms with E-state index in [0.717, 1.165) is 21.9 Å². The van der Waals surface area contributed by atoms with Gasteiger partial charge in [-0.25, -0.2) is 4.98 Å². The van der Waals surface area contributed by atoms with E-state index >= 15 is 0 Å². The molecule has 0 radical (unpaired) electrons. The lowest BCUT2D eigenvalue weighted by Crippen LogP contribution is -2.06. The topological polar surface area (TPSA) is 56.7 Å². The molecule has 10 aromatic rings. The van der Waals surface area contributed by atoms with Crippen molar-refractivity contribution in [1.29, 1.82) is 0 Å². The van der Waals surface area contributed by atoms with E-state index in [1.807, 2.05) is 66.7 Å². The minimum absolute atomic E-state index is 0.0578. The van der Waals surface area contributed by atoms with Crippen LogP contribution in [0.4, 0.5) is 0 Å². The summed E-state index contributed by atoms with van der Waals surface area (Å²) in [7, 11) is 0. The standard InChI is InChI=1S/C43H26N4O/c1-2-11-29(12-3-1)41-44-42(30-21-18-28(19-22-30)32-23-20-27-10-4-5-13-31(27)24-32)46-43(45-41)47-37-16-8-6-14-33(37)35-25-36-34-15-7-9-17-39(34)48-40(36)26-38(35)47/h1-26H/i6D,7D,8D,9D,14D,15D,16D,17D,25D,26D. The predicted octanol–water partition coefficient (Wildman–Crippen LogP) is 11.0. The Kier molecular flexibility index (Phi) is 4.04. The van der Waals surface area contributed by atoms with Crippen LogP contribution in [0.5, 0.6) is 0 Å². The fourth-order valence-corrected chi connectivity index (χ4v) is 6.19. The molecule has 224 valence electrons. The van der Waals surface area contributed by atoms with Gasteiger partial charge in [0, 0.05) is 38.7 Å². The van der Waals surface area contributed by atoms with E-state index in [4.69, 9.17) is 30.3 Å². The lowest BCUT2D eigenvalue weighted by molar-refractivity contribution is 0.669. The Bertz CT molecular complexity index is 3400. The molecule has 0 aliphatic rings. The lowest BCUT2D eigenvalue weighted by atomic mass is 10.0. The fourth-order valence-electron chi connectivity index (χ4n) is 6.19. The first-order chi connectivity index (χ1) is 27.9. The van der Waals surface area contributed by atoms with Gasteiger partial charge in [0.1, 0.15) is 11.2 Å². The van der Waals surface area contributed by atoms with Crippen molar-refractivity contribution in [3.63, 3.8) is 0 Å². The van der Waals surface area contributed by atoms with Crippen molar-refractivity contribution < 1.29 is 18.1 Å². The van der Waals surface area contributed by atoms with Gasteiger partial charge in [-0.3, -0.25) is 4.57 Å². The monoisotopic (exact) mass is 624 g/mol. The summed E-state index contributed by atoms with van der Waals surface area (Å²) in [4.78, 5) is 14.6. The van der Waals surface area contributed by atoms with Gasteiger partial charge in [0.25, 0.3) is 0 Å². The first-order valence-corrected chi connectivity index (χ1v) is 15.2. The zero-order valence-corrected chi connectivity index (χ0v) is 24.9. The maximum Gasteiger partial charge on any atom is 0.238 e. The van der Waals surface area contributed by atoms with E-state index in [1.54, 1.807) is 0 Å². The summed E-state index contributed by atoms with van der Waals surface area (Å²) in [6.45, 7) is 0. The molecule has 7 aromatic carbocycles. The smallest absolute Gasteiger partial charge is 0.238 e. The second-order valence-corrected chi connectivity index (χ2v) is 11.3. The van der Waals surface area contributed by atoms with E-state index < -0.39 is 48.3 Å². The molecule has 0 aliphatic carbocycles. The number of fused-ring (bicyclic) bond motifs is 7. The van der Waals surface area contributed by atoms with Crippen molar-refractivity contribution in [1.82, 2.24) is 19.5 Å². The number of furan rings is 1. The van der Waals surface area contributed by atoms with Crippen LogP contribution in [-0.4, -0.2) is 19.5 Å². The molecule has 0 N–H and O–H groups in total. The molecule has 0 amide bonds. The molecule has 0 fully saturated rings. The molecule has 0 saturated heterocycles. The Hall–Kier alpha value is -6.59. The Labute approximate surface area is 289 Å². The molecule has 48 heavy (non-hydrogen) atoms.